The van der Waals surface area contributed by atoms with Crippen LogP contribution in [0.2, 0.25) is 0 Å². The first-order valence-electron chi connectivity index (χ1n) is 5.07. The highest BCUT2D eigenvalue weighted by molar-refractivity contribution is 4.84. The van der Waals surface area contributed by atoms with Gasteiger partial charge in [0, 0.05) is 12.5 Å². The molecule has 2 heteroatoms. The molecule has 3 unspecified atom stereocenters. The Bertz CT molecular complexity index is 154. The van der Waals surface area contributed by atoms with E-state index in [9.17, 15) is 5.11 Å². The third-order valence-electron chi connectivity index (χ3n) is 3.20. The van der Waals surface area contributed by atoms with Crippen LogP contribution >= 0.6 is 0 Å². The van der Waals surface area contributed by atoms with Crippen molar-refractivity contribution in [2.45, 2.75) is 44.8 Å². The van der Waals surface area contributed by atoms with Crippen LogP contribution in [0.15, 0.2) is 0 Å². The van der Waals surface area contributed by atoms with Crippen molar-refractivity contribution in [2.24, 2.45) is 11.8 Å². The maximum absolute atomic E-state index is 9.85. The number of hydrogen-bond donors (Lipinski definition) is 1. The molecular formula is C10H18O2. The molecule has 12 heavy (non-hydrogen) atoms. The van der Waals surface area contributed by atoms with Crippen molar-refractivity contribution in [3.05, 3.63) is 0 Å². The van der Waals surface area contributed by atoms with E-state index in [1.165, 1.54) is 12.8 Å². The lowest BCUT2D eigenvalue weighted by atomic mass is 9.92. The first-order chi connectivity index (χ1) is 5.77. The predicted molar refractivity (Wildman–Crippen MR) is 46.9 cm³/mol. The van der Waals surface area contributed by atoms with E-state index in [-0.39, 0.29) is 12.2 Å². The van der Waals surface area contributed by atoms with Crippen LogP contribution in [0.3, 0.4) is 0 Å². The monoisotopic (exact) mass is 170 g/mol. The second kappa shape index (κ2) is 3.35. The van der Waals surface area contributed by atoms with Gasteiger partial charge in [-0.15, -0.1) is 0 Å². The van der Waals surface area contributed by atoms with E-state index in [4.69, 9.17) is 4.74 Å². The summed E-state index contributed by atoms with van der Waals surface area (Å²) in [6, 6.07) is 0. The second-order valence-corrected chi connectivity index (χ2v) is 4.27. The SMILES string of the molecule is CC1OCCC1C(O)CC1CC1. The van der Waals surface area contributed by atoms with Gasteiger partial charge >= 0.3 is 0 Å². The molecule has 2 nitrogen and oxygen atoms in total. The number of rotatable bonds is 3. The summed E-state index contributed by atoms with van der Waals surface area (Å²) < 4.78 is 5.43. The van der Waals surface area contributed by atoms with Crippen LogP contribution in [0.4, 0.5) is 0 Å². The molecule has 1 N–H and O–H groups in total. The fourth-order valence-electron chi connectivity index (χ4n) is 2.12. The Morgan fingerprint density at radius 1 is 1.42 bits per heavy atom. The van der Waals surface area contributed by atoms with Crippen LogP contribution in [0, 0.1) is 11.8 Å². The number of ether oxygens (including phenoxy) is 1. The largest absolute Gasteiger partial charge is 0.393 e. The Hall–Kier alpha value is -0.0800. The molecule has 2 fully saturated rings. The molecule has 1 aliphatic carbocycles. The highest BCUT2D eigenvalue weighted by Crippen LogP contribution is 2.37. The molecule has 1 saturated heterocycles. The zero-order chi connectivity index (χ0) is 8.55. The molecule has 0 aromatic heterocycles. The van der Waals surface area contributed by atoms with E-state index >= 15 is 0 Å². The Balaban J connectivity index is 1.80. The average molecular weight is 170 g/mol. The minimum absolute atomic E-state index is 0.102. The van der Waals surface area contributed by atoms with E-state index in [1.54, 1.807) is 0 Å². The molecule has 0 spiro atoms. The van der Waals surface area contributed by atoms with Gasteiger partial charge in [0.05, 0.1) is 12.2 Å². The van der Waals surface area contributed by atoms with Gasteiger partial charge in [-0.1, -0.05) is 12.8 Å². The van der Waals surface area contributed by atoms with Crippen molar-refractivity contribution >= 4 is 0 Å². The van der Waals surface area contributed by atoms with Gasteiger partial charge in [-0.2, -0.15) is 0 Å². The topological polar surface area (TPSA) is 29.5 Å². The van der Waals surface area contributed by atoms with Crippen LogP contribution in [0.1, 0.15) is 32.6 Å². The second-order valence-electron chi connectivity index (χ2n) is 4.27. The first kappa shape index (κ1) is 8.52. The minimum atomic E-state index is -0.102. The lowest BCUT2D eigenvalue weighted by molar-refractivity contribution is 0.0369. The molecule has 2 rings (SSSR count). The molecule has 2 aliphatic rings. The molecule has 3 atom stereocenters. The molecule has 0 bridgehead atoms. The molecule has 70 valence electrons. The summed E-state index contributed by atoms with van der Waals surface area (Å²) in [5.41, 5.74) is 0. The molecule has 1 saturated carbocycles. The van der Waals surface area contributed by atoms with Crippen molar-refractivity contribution in [3.8, 4) is 0 Å². The molecule has 1 aliphatic heterocycles. The van der Waals surface area contributed by atoms with E-state index in [1.807, 2.05) is 0 Å². The van der Waals surface area contributed by atoms with Gasteiger partial charge in [0.15, 0.2) is 0 Å². The van der Waals surface area contributed by atoms with Gasteiger partial charge in [0.1, 0.15) is 0 Å². The standard InChI is InChI=1S/C10H18O2/c1-7-9(4-5-12-7)10(11)6-8-2-3-8/h7-11H,2-6H2,1H3. The highest BCUT2D eigenvalue weighted by atomic mass is 16.5. The number of hydrogen-bond acceptors (Lipinski definition) is 2. The van der Waals surface area contributed by atoms with Crippen molar-refractivity contribution in [1.82, 2.24) is 0 Å². The predicted octanol–water partition coefficient (Wildman–Crippen LogP) is 1.57. The van der Waals surface area contributed by atoms with Crippen LogP contribution in [-0.4, -0.2) is 23.9 Å². The van der Waals surface area contributed by atoms with Crippen molar-refractivity contribution in [1.29, 1.82) is 0 Å². The summed E-state index contributed by atoms with van der Waals surface area (Å²) in [6.45, 7) is 2.92. The maximum Gasteiger partial charge on any atom is 0.0600 e. The Labute approximate surface area is 73.9 Å². The highest BCUT2D eigenvalue weighted by Gasteiger charge is 2.34. The van der Waals surface area contributed by atoms with E-state index in [0.29, 0.717) is 5.92 Å². The number of aliphatic hydroxyl groups excluding tert-OH is 1. The smallest absolute Gasteiger partial charge is 0.0600 e. The zero-order valence-corrected chi connectivity index (χ0v) is 7.70. The van der Waals surface area contributed by atoms with Crippen molar-refractivity contribution in [3.63, 3.8) is 0 Å². The third kappa shape index (κ3) is 1.80. The van der Waals surface area contributed by atoms with Crippen LogP contribution < -0.4 is 0 Å². The van der Waals surface area contributed by atoms with E-state index in [2.05, 4.69) is 6.92 Å². The summed E-state index contributed by atoms with van der Waals surface area (Å²) in [6.07, 6.45) is 4.90. The minimum Gasteiger partial charge on any atom is -0.393 e. The lowest BCUT2D eigenvalue weighted by Crippen LogP contribution is -2.26. The fraction of sp³-hybridized carbons (Fsp3) is 1.00. The normalized spacial score (nSPS) is 38.5. The lowest BCUT2D eigenvalue weighted by Gasteiger charge is -2.20. The van der Waals surface area contributed by atoms with Gasteiger partial charge in [-0.3, -0.25) is 0 Å². The fourth-order valence-corrected chi connectivity index (χ4v) is 2.12. The Morgan fingerprint density at radius 3 is 2.67 bits per heavy atom. The van der Waals surface area contributed by atoms with Gasteiger partial charge < -0.3 is 9.84 Å². The first-order valence-corrected chi connectivity index (χ1v) is 5.07. The van der Waals surface area contributed by atoms with Gasteiger partial charge in [0.2, 0.25) is 0 Å². The molecule has 0 aromatic rings. The van der Waals surface area contributed by atoms with E-state index in [0.717, 1.165) is 25.4 Å². The van der Waals surface area contributed by atoms with Gasteiger partial charge in [-0.25, -0.2) is 0 Å². The van der Waals surface area contributed by atoms with Gasteiger partial charge in [-0.05, 0) is 25.7 Å². The summed E-state index contributed by atoms with van der Waals surface area (Å²) in [7, 11) is 0. The molecule has 0 radical (unpaired) electrons. The van der Waals surface area contributed by atoms with Crippen LogP contribution in [0.5, 0.6) is 0 Å². The summed E-state index contributed by atoms with van der Waals surface area (Å²) in [5.74, 6) is 1.23. The van der Waals surface area contributed by atoms with Crippen LogP contribution in [-0.2, 0) is 4.74 Å². The zero-order valence-electron chi connectivity index (χ0n) is 7.70. The number of aliphatic hydroxyl groups is 1. The quantitative estimate of drug-likeness (QED) is 0.696. The van der Waals surface area contributed by atoms with Crippen LogP contribution in [0.25, 0.3) is 0 Å². The third-order valence-corrected chi connectivity index (χ3v) is 3.20. The maximum atomic E-state index is 9.85. The summed E-state index contributed by atoms with van der Waals surface area (Å²) in [5, 5.41) is 9.85. The molecular weight excluding hydrogens is 152 g/mol. The molecule has 0 aromatic carbocycles. The van der Waals surface area contributed by atoms with E-state index < -0.39 is 0 Å². The summed E-state index contributed by atoms with van der Waals surface area (Å²) in [4.78, 5) is 0. The van der Waals surface area contributed by atoms with Crippen molar-refractivity contribution in [2.75, 3.05) is 6.61 Å². The average Bonchev–Trinajstić information content (AvgIpc) is 2.72. The Kier molecular flexibility index (Phi) is 2.37. The van der Waals surface area contributed by atoms with Gasteiger partial charge in [0.25, 0.3) is 0 Å². The summed E-state index contributed by atoms with van der Waals surface area (Å²) >= 11 is 0. The van der Waals surface area contributed by atoms with Crippen molar-refractivity contribution < 1.29 is 9.84 Å². The molecule has 0 amide bonds. The molecule has 1 heterocycles. The Morgan fingerprint density at radius 2 is 2.17 bits per heavy atom.